The summed E-state index contributed by atoms with van der Waals surface area (Å²) in [5, 5.41) is 6.15. The number of nitrogens with one attached hydrogen (secondary N) is 1. The predicted octanol–water partition coefficient (Wildman–Crippen LogP) is 2.25. The Bertz CT molecular complexity index is 610. The van der Waals surface area contributed by atoms with Gasteiger partial charge in [-0.05, 0) is 24.3 Å². The molecule has 5 nitrogen and oxygen atoms in total. The molecule has 1 aliphatic heterocycles. The topological polar surface area (TPSA) is 58.1 Å². The first-order chi connectivity index (χ1) is 9.28. The van der Waals surface area contributed by atoms with Crippen LogP contribution in [0.15, 0.2) is 11.4 Å². The summed E-state index contributed by atoms with van der Waals surface area (Å²) in [6.45, 7) is 1.33. The summed E-state index contributed by atoms with van der Waals surface area (Å²) in [6.07, 6.45) is 2.73. The second kappa shape index (κ2) is 5.13. The van der Waals surface area contributed by atoms with Crippen LogP contribution in [0.1, 0.15) is 25.1 Å². The highest BCUT2D eigenvalue weighted by molar-refractivity contribution is 7.16. The Morgan fingerprint density at radius 2 is 2.32 bits per heavy atom. The summed E-state index contributed by atoms with van der Waals surface area (Å²) in [7, 11) is 1.86. The fourth-order valence-corrected chi connectivity index (χ4v) is 3.14. The smallest absolute Gasteiger partial charge is 0.222 e. The van der Waals surface area contributed by atoms with Crippen molar-refractivity contribution in [3.05, 3.63) is 17.3 Å². The van der Waals surface area contributed by atoms with Crippen LogP contribution in [0.5, 0.6) is 0 Å². The van der Waals surface area contributed by atoms with E-state index in [1.54, 1.807) is 11.3 Å². The Morgan fingerprint density at radius 3 is 3.11 bits per heavy atom. The Kier molecular flexibility index (Phi) is 3.33. The number of piperidine rings is 1. The fourth-order valence-electron chi connectivity index (χ4n) is 2.36. The fraction of sp³-hybridized carbons (Fsp3) is 0.462. The van der Waals surface area contributed by atoms with Gasteiger partial charge in [0.2, 0.25) is 5.91 Å². The average Bonchev–Trinajstić information content (AvgIpc) is 2.89. The molecule has 0 unspecified atom stereocenters. The van der Waals surface area contributed by atoms with E-state index < -0.39 is 0 Å². The molecule has 6 heteroatoms. The van der Waals surface area contributed by atoms with Crippen molar-refractivity contribution in [2.24, 2.45) is 0 Å². The number of carbonyl (C=O) groups is 1. The number of aromatic nitrogens is 2. The maximum atomic E-state index is 11.8. The number of hydrogen-bond donors (Lipinski definition) is 1. The number of thiophene rings is 1. The van der Waals surface area contributed by atoms with E-state index in [0.29, 0.717) is 13.0 Å². The lowest BCUT2D eigenvalue weighted by molar-refractivity contribution is -0.134. The van der Waals surface area contributed by atoms with Gasteiger partial charge in [0, 0.05) is 20.0 Å². The molecule has 3 rings (SSSR count). The standard InChI is InChI=1S/C13H16N4OS/c1-14-12-9-5-7-19-13(9)16-10(15-12)8-17-6-3-2-4-11(17)18/h5,7H,2-4,6,8H2,1H3,(H,14,15,16). The SMILES string of the molecule is CNc1nc(CN2CCCCC2=O)nc2sccc12. The Hall–Kier alpha value is -1.69. The first-order valence-corrected chi connectivity index (χ1v) is 7.35. The van der Waals surface area contributed by atoms with Crippen molar-refractivity contribution in [3.63, 3.8) is 0 Å². The Morgan fingerprint density at radius 1 is 1.42 bits per heavy atom. The van der Waals surface area contributed by atoms with Crippen molar-refractivity contribution >= 4 is 33.3 Å². The zero-order chi connectivity index (χ0) is 13.2. The van der Waals surface area contributed by atoms with E-state index >= 15 is 0 Å². The van der Waals surface area contributed by atoms with E-state index in [1.165, 1.54) is 0 Å². The molecule has 0 aliphatic carbocycles. The normalized spacial score (nSPS) is 16.1. The number of nitrogens with zero attached hydrogens (tertiary/aromatic N) is 3. The minimum Gasteiger partial charge on any atom is -0.372 e. The minimum absolute atomic E-state index is 0.215. The lowest BCUT2D eigenvalue weighted by atomic mass is 10.1. The molecule has 1 saturated heterocycles. The quantitative estimate of drug-likeness (QED) is 0.934. The molecule has 0 aromatic carbocycles. The zero-order valence-electron chi connectivity index (χ0n) is 10.8. The van der Waals surface area contributed by atoms with E-state index in [2.05, 4.69) is 15.3 Å². The Balaban J connectivity index is 1.89. The van der Waals surface area contributed by atoms with Crippen LogP contribution in [0.2, 0.25) is 0 Å². The molecule has 0 spiro atoms. The molecule has 19 heavy (non-hydrogen) atoms. The van der Waals surface area contributed by atoms with E-state index in [0.717, 1.165) is 41.2 Å². The number of carbonyl (C=O) groups excluding carboxylic acids is 1. The second-order valence-electron chi connectivity index (χ2n) is 4.65. The van der Waals surface area contributed by atoms with Crippen molar-refractivity contribution in [1.82, 2.24) is 14.9 Å². The second-order valence-corrected chi connectivity index (χ2v) is 5.54. The van der Waals surface area contributed by atoms with E-state index in [4.69, 9.17) is 0 Å². The van der Waals surface area contributed by atoms with Crippen molar-refractivity contribution in [3.8, 4) is 0 Å². The van der Waals surface area contributed by atoms with Crippen LogP contribution in [0.25, 0.3) is 10.2 Å². The number of rotatable bonds is 3. The maximum Gasteiger partial charge on any atom is 0.222 e. The van der Waals surface area contributed by atoms with Gasteiger partial charge in [-0.15, -0.1) is 11.3 Å². The summed E-state index contributed by atoms with van der Waals surface area (Å²) in [6, 6.07) is 2.02. The van der Waals surface area contributed by atoms with Gasteiger partial charge in [-0.3, -0.25) is 4.79 Å². The highest BCUT2D eigenvalue weighted by Crippen LogP contribution is 2.25. The van der Waals surface area contributed by atoms with Crippen molar-refractivity contribution < 1.29 is 4.79 Å². The van der Waals surface area contributed by atoms with Gasteiger partial charge in [0.15, 0.2) is 5.82 Å². The van der Waals surface area contributed by atoms with E-state index in [9.17, 15) is 4.79 Å². The van der Waals surface area contributed by atoms with Crippen LogP contribution in [0.4, 0.5) is 5.82 Å². The first kappa shape index (κ1) is 12.3. The van der Waals surface area contributed by atoms with E-state index in [1.807, 2.05) is 23.4 Å². The third-order valence-corrected chi connectivity index (χ3v) is 4.17. The summed E-state index contributed by atoms with van der Waals surface area (Å²) >= 11 is 1.60. The molecular weight excluding hydrogens is 260 g/mol. The lowest BCUT2D eigenvalue weighted by Gasteiger charge is -2.26. The third-order valence-electron chi connectivity index (χ3n) is 3.36. The Labute approximate surface area is 115 Å². The van der Waals surface area contributed by atoms with Gasteiger partial charge >= 0.3 is 0 Å². The van der Waals surface area contributed by atoms with Crippen molar-refractivity contribution in [2.75, 3.05) is 18.9 Å². The van der Waals surface area contributed by atoms with Crippen LogP contribution < -0.4 is 5.32 Å². The van der Waals surface area contributed by atoms with E-state index in [-0.39, 0.29) is 5.91 Å². The van der Waals surface area contributed by atoms with Gasteiger partial charge in [-0.2, -0.15) is 0 Å². The average molecular weight is 276 g/mol. The molecule has 1 fully saturated rings. The molecule has 1 N–H and O–H groups in total. The molecular formula is C13H16N4OS. The number of anilines is 1. The number of fused-ring (bicyclic) bond motifs is 1. The number of hydrogen-bond acceptors (Lipinski definition) is 5. The molecule has 3 heterocycles. The van der Waals surface area contributed by atoms with Crippen LogP contribution in [0, 0.1) is 0 Å². The molecule has 2 aromatic rings. The van der Waals surface area contributed by atoms with Gasteiger partial charge in [-0.1, -0.05) is 0 Å². The van der Waals surface area contributed by atoms with Crippen LogP contribution in [-0.2, 0) is 11.3 Å². The molecule has 1 aliphatic rings. The predicted molar refractivity (Wildman–Crippen MR) is 76.2 cm³/mol. The summed E-state index contributed by atoms with van der Waals surface area (Å²) in [4.78, 5) is 23.7. The lowest BCUT2D eigenvalue weighted by Crippen LogP contribution is -2.35. The molecule has 0 saturated carbocycles. The maximum absolute atomic E-state index is 11.8. The van der Waals surface area contributed by atoms with Gasteiger partial charge < -0.3 is 10.2 Å². The van der Waals surface area contributed by atoms with Gasteiger partial charge in [0.1, 0.15) is 10.6 Å². The van der Waals surface area contributed by atoms with Crippen LogP contribution in [0.3, 0.4) is 0 Å². The summed E-state index contributed by atoms with van der Waals surface area (Å²) < 4.78 is 0. The first-order valence-electron chi connectivity index (χ1n) is 6.47. The van der Waals surface area contributed by atoms with Crippen LogP contribution in [-0.4, -0.2) is 34.4 Å². The minimum atomic E-state index is 0.215. The molecule has 100 valence electrons. The summed E-state index contributed by atoms with van der Waals surface area (Å²) in [5.41, 5.74) is 0. The molecule has 0 atom stereocenters. The van der Waals surface area contributed by atoms with Crippen LogP contribution >= 0.6 is 11.3 Å². The highest BCUT2D eigenvalue weighted by Gasteiger charge is 2.19. The van der Waals surface area contributed by atoms with Crippen molar-refractivity contribution in [2.45, 2.75) is 25.8 Å². The number of amides is 1. The molecule has 0 radical (unpaired) electrons. The van der Waals surface area contributed by atoms with Gasteiger partial charge in [0.25, 0.3) is 0 Å². The zero-order valence-corrected chi connectivity index (χ0v) is 11.7. The monoisotopic (exact) mass is 276 g/mol. The largest absolute Gasteiger partial charge is 0.372 e. The number of likely N-dealkylation sites (tertiary alicyclic amines) is 1. The van der Waals surface area contributed by atoms with Gasteiger partial charge in [0.05, 0.1) is 11.9 Å². The molecule has 1 amide bonds. The van der Waals surface area contributed by atoms with Crippen molar-refractivity contribution in [1.29, 1.82) is 0 Å². The third kappa shape index (κ3) is 2.40. The molecule has 0 bridgehead atoms. The van der Waals surface area contributed by atoms with Gasteiger partial charge in [-0.25, -0.2) is 9.97 Å². The summed E-state index contributed by atoms with van der Waals surface area (Å²) in [5.74, 6) is 1.77. The molecule has 2 aromatic heterocycles. The highest BCUT2D eigenvalue weighted by atomic mass is 32.1.